The summed E-state index contributed by atoms with van der Waals surface area (Å²) in [7, 11) is 0. The minimum Gasteiger partial charge on any atom is -0.348 e. The molecule has 0 atom stereocenters. The molecule has 1 saturated heterocycles. The van der Waals surface area contributed by atoms with E-state index in [4.69, 9.17) is 9.47 Å². The molecule has 2 aromatic rings. The highest BCUT2D eigenvalue weighted by Crippen LogP contribution is 2.34. The van der Waals surface area contributed by atoms with Gasteiger partial charge in [-0.25, -0.2) is 8.78 Å². The Morgan fingerprint density at radius 3 is 2.17 bits per heavy atom. The van der Waals surface area contributed by atoms with Crippen molar-refractivity contribution in [3.05, 3.63) is 59.2 Å². The lowest BCUT2D eigenvalue weighted by Gasteiger charge is -2.23. The Balaban J connectivity index is 1.91. The first-order valence-electron chi connectivity index (χ1n) is 7.26. The third-order valence-corrected chi connectivity index (χ3v) is 3.68. The summed E-state index contributed by atoms with van der Waals surface area (Å²) in [4.78, 5) is 0. The molecule has 1 heterocycles. The van der Waals surface area contributed by atoms with Crippen LogP contribution in [0.1, 0.15) is 23.8 Å². The zero-order valence-electron chi connectivity index (χ0n) is 12.4. The largest absolute Gasteiger partial charge is 0.419 e. The van der Waals surface area contributed by atoms with E-state index in [2.05, 4.69) is 0 Å². The number of hydrogen-bond donors (Lipinski definition) is 0. The third kappa shape index (κ3) is 3.42. The van der Waals surface area contributed by atoms with Gasteiger partial charge in [0.1, 0.15) is 11.6 Å². The number of alkyl halides is 3. The van der Waals surface area contributed by atoms with Gasteiger partial charge in [0, 0.05) is 11.1 Å². The van der Waals surface area contributed by atoms with Gasteiger partial charge in [-0.15, -0.1) is 0 Å². The van der Waals surface area contributed by atoms with Gasteiger partial charge in [0.05, 0.1) is 18.8 Å². The van der Waals surface area contributed by atoms with E-state index in [1.54, 1.807) is 6.07 Å². The van der Waals surface area contributed by atoms with Gasteiger partial charge in [-0.3, -0.25) is 0 Å². The third-order valence-electron chi connectivity index (χ3n) is 3.68. The second-order valence-electron chi connectivity index (χ2n) is 5.36. The quantitative estimate of drug-likeness (QED) is 0.707. The summed E-state index contributed by atoms with van der Waals surface area (Å²) < 4.78 is 76.4. The molecule has 128 valence electrons. The average Bonchev–Trinajstić information content (AvgIpc) is 2.54. The maximum absolute atomic E-state index is 14.3. The van der Waals surface area contributed by atoms with Crippen molar-refractivity contribution in [2.75, 3.05) is 13.2 Å². The average molecular weight is 344 g/mol. The van der Waals surface area contributed by atoms with E-state index in [9.17, 15) is 22.0 Å². The van der Waals surface area contributed by atoms with Gasteiger partial charge in [-0.05, 0) is 30.2 Å². The van der Waals surface area contributed by atoms with Crippen molar-refractivity contribution in [3.63, 3.8) is 0 Å². The van der Waals surface area contributed by atoms with Crippen molar-refractivity contribution in [2.45, 2.75) is 18.9 Å². The molecule has 0 bridgehead atoms. The fourth-order valence-electron chi connectivity index (χ4n) is 2.50. The molecule has 0 aromatic heterocycles. The molecule has 0 amide bonds. The number of benzene rings is 2. The predicted molar refractivity (Wildman–Crippen MR) is 76.1 cm³/mol. The van der Waals surface area contributed by atoms with Crippen LogP contribution in [0.2, 0.25) is 0 Å². The van der Waals surface area contributed by atoms with Crippen molar-refractivity contribution in [1.82, 2.24) is 0 Å². The van der Waals surface area contributed by atoms with Crippen LogP contribution in [0.4, 0.5) is 22.0 Å². The molecule has 0 aliphatic carbocycles. The molecule has 2 aromatic carbocycles. The van der Waals surface area contributed by atoms with E-state index in [0.29, 0.717) is 30.9 Å². The van der Waals surface area contributed by atoms with Crippen LogP contribution >= 0.6 is 0 Å². The summed E-state index contributed by atoms with van der Waals surface area (Å²) in [6.07, 6.45) is -4.71. The van der Waals surface area contributed by atoms with Crippen molar-refractivity contribution in [3.8, 4) is 11.1 Å². The Labute approximate surface area is 134 Å². The monoisotopic (exact) mass is 344 g/mol. The van der Waals surface area contributed by atoms with Crippen LogP contribution in [0, 0.1) is 11.6 Å². The van der Waals surface area contributed by atoms with Gasteiger partial charge < -0.3 is 9.47 Å². The highest BCUT2D eigenvalue weighted by atomic mass is 19.4. The van der Waals surface area contributed by atoms with Crippen molar-refractivity contribution >= 4 is 0 Å². The van der Waals surface area contributed by atoms with Gasteiger partial charge in [-0.1, -0.05) is 18.2 Å². The molecule has 0 N–H and O–H groups in total. The lowest BCUT2D eigenvalue weighted by Crippen LogP contribution is -2.17. The minimum atomic E-state index is -4.79. The van der Waals surface area contributed by atoms with Crippen LogP contribution < -0.4 is 0 Å². The van der Waals surface area contributed by atoms with Gasteiger partial charge in [0.25, 0.3) is 0 Å². The smallest absolute Gasteiger partial charge is 0.348 e. The molecule has 1 aliphatic heterocycles. The van der Waals surface area contributed by atoms with Crippen LogP contribution in [0.5, 0.6) is 0 Å². The van der Waals surface area contributed by atoms with Crippen LogP contribution in [-0.2, 0) is 15.7 Å². The molecular formula is C17H13F5O2. The van der Waals surface area contributed by atoms with E-state index in [1.165, 1.54) is 12.1 Å². The summed E-state index contributed by atoms with van der Waals surface area (Å²) in [6.45, 7) is 0.996. The molecule has 0 saturated carbocycles. The molecule has 3 rings (SSSR count). The summed E-state index contributed by atoms with van der Waals surface area (Å²) in [5, 5.41) is 0. The predicted octanol–water partition coefficient (Wildman–Crippen LogP) is 5.09. The normalized spacial score (nSPS) is 16.4. The molecule has 0 radical (unpaired) electrons. The fourth-order valence-corrected chi connectivity index (χ4v) is 2.50. The molecule has 1 aliphatic rings. The fraction of sp³-hybridized carbons (Fsp3) is 0.294. The summed E-state index contributed by atoms with van der Waals surface area (Å²) in [5.41, 5.74) is -0.896. The number of ether oxygens (including phenoxy) is 2. The lowest BCUT2D eigenvalue weighted by molar-refractivity contribution is -0.183. The minimum absolute atomic E-state index is 0.00202. The highest BCUT2D eigenvalue weighted by molar-refractivity contribution is 5.65. The molecule has 7 heteroatoms. The Morgan fingerprint density at radius 2 is 1.58 bits per heavy atom. The van der Waals surface area contributed by atoms with Crippen molar-refractivity contribution in [2.24, 2.45) is 0 Å². The summed E-state index contributed by atoms with van der Waals surface area (Å²) >= 11 is 0. The molecule has 2 nitrogen and oxygen atoms in total. The topological polar surface area (TPSA) is 18.5 Å². The first-order valence-corrected chi connectivity index (χ1v) is 7.26. The zero-order valence-corrected chi connectivity index (χ0v) is 12.4. The van der Waals surface area contributed by atoms with E-state index in [1.807, 2.05) is 0 Å². The second kappa shape index (κ2) is 6.49. The maximum Gasteiger partial charge on any atom is 0.419 e. The lowest BCUT2D eigenvalue weighted by atomic mass is 10.0. The number of hydrogen-bond acceptors (Lipinski definition) is 2. The van der Waals surface area contributed by atoms with Crippen LogP contribution in [0.3, 0.4) is 0 Å². The molecule has 0 spiro atoms. The number of halogens is 5. The van der Waals surface area contributed by atoms with Gasteiger partial charge in [-0.2, -0.15) is 13.2 Å². The van der Waals surface area contributed by atoms with Crippen LogP contribution in [0.25, 0.3) is 11.1 Å². The van der Waals surface area contributed by atoms with Crippen molar-refractivity contribution in [1.29, 1.82) is 0 Å². The van der Waals surface area contributed by atoms with Gasteiger partial charge >= 0.3 is 6.18 Å². The Morgan fingerprint density at radius 1 is 0.875 bits per heavy atom. The Bertz CT molecular complexity index is 736. The Hall–Kier alpha value is -1.99. The SMILES string of the molecule is Fc1cc(C2OCCCO2)ccc1-c1ccc(C(F)(F)F)c(F)c1. The first kappa shape index (κ1) is 16.9. The van der Waals surface area contributed by atoms with E-state index < -0.39 is 29.7 Å². The van der Waals surface area contributed by atoms with Gasteiger partial charge in [0.15, 0.2) is 6.29 Å². The van der Waals surface area contributed by atoms with Gasteiger partial charge in [0.2, 0.25) is 0 Å². The zero-order chi connectivity index (χ0) is 17.3. The van der Waals surface area contributed by atoms with E-state index in [0.717, 1.165) is 12.5 Å². The molecule has 0 unspecified atom stereocenters. The number of rotatable bonds is 2. The van der Waals surface area contributed by atoms with E-state index in [-0.39, 0.29) is 11.1 Å². The Kier molecular flexibility index (Phi) is 4.56. The van der Waals surface area contributed by atoms with Crippen LogP contribution in [-0.4, -0.2) is 13.2 Å². The first-order chi connectivity index (χ1) is 11.4. The van der Waals surface area contributed by atoms with Crippen LogP contribution in [0.15, 0.2) is 36.4 Å². The highest BCUT2D eigenvalue weighted by Gasteiger charge is 2.34. The second-order valence-corrected chi connectivity index (χ2v) is 5.36. The summed E-state index contributed by atoms with van der Waals surface area (Å²) in [5.74, 6) is -2.13. The van der Waals surface area contributed by atoms with Crippen molar-refractivity contribution < 1.29 is 31.4 Å². The molecule has 1 fully saturated rings. The molecular weight excluding hydrogens is 331 g/mol. The standard InChI is InChI=1S/C17H13F5O2/c18-14-9-11(16-23-6-1-7-24-16)2-4-12(14)10-3-5-13(15(19)8-10)17(20,21)22/h2-5,8-9,16H,1,6-7H2. The summed E-state index contributed by atoms with van der Waals surface area (Å²) in [6, 6.07) is 6.41. The maximum atomic E-state index is 14.3. The van der Waals surface area contributed by atoms with E-state index >= 15 is 0 Å². The molecule has 24 heavy (non-hydrogen) atoms.